The van der Waals surface area contributed by atoms with Gasteiger partial charge in [-0.3, -0.25) is 0 Å². The number of thiophene rings is 1. The third kappa shape index (κ3) is 5.42. The van der Waals surface area contributed by atoms with Crippen molar-refractivity contribution in [2.24, 2.45) is 0 Å². The molecule has 0 N–H and O–H groups in total. The number of fused-ring (bicyclic) bond motifs is 16. The van der Waals surface area contributed by atoms with Gasteiger partial charge in [-0.25, -0.2) is 15.0 Å². The van der Waals surface area contributed by atoms with Gasteiger partial charge < -0.3 is 4.57 Å². The Labute approximate surface area is 402 Å². The highest BCUT2D eigenvalue weighted by Gasteiger charge is 2.52. The average molecular weight is 895 g/mol. The molecule has 3 aromatic heterocycles. The van der Waals surface area contributed by atoms with E-state index in [-0.39, 0.29) is 0 Å². The van der Waals surface area contributed by atoms with Crippen LogP contribution in [0.1, 0.15) is 22.3 Å². The molecular weight excluding hydrogens is 857 g/mol. The first-order valence-electron chi connectivity index (χ1n) is 23.5. The molecule has 1 spiro atoms. The number of aromatic nitrogens is 4. The van der Waals surface area contributed by atoms with E-state index in [0.29, 0.717) is 17.5 Å². The smallest absolute Gasteiger partial charge is 0.164 e. The van der Waals surface area contributed by atoms with Gasteiger partial charge in [0.05, 0.1) is 22.1 Å². The Morgan fingerprint density at radius 1 is 0.333 bits per heavy atom. The maximum atomic E-state index is 5.16. The zero-order chi connectivity index (χ0) is 45.2. The molecule has 2 aliphatic rings. The van der Waals surface area contributed by atoms with Crippen LogP contribution in [0.4, 0.5) is 0 Å². The van der Waals surface area contributed by atoms with E-state index in [2.05, 4.69) is 199 Å². The summed E-state index contributed by atoms with van der Waals surface area (Å²) in [5, 5.41) is 4.80. The molecule has 13 aromatic rings. The SMILES string of the molecule is c1ccc(-c2nc(-c3ccccc3)nc(-c3cccc4sc5ccc(-c6ccc7c(c6)c6ccccc6n7-c6cccc7c6-c6ccccc6C76c7ccccc7-c7ccccc76)cc5c34)n2)cc1. The number of hydrogen-bond acceptors (Lipinski definition) is 4. The number of benzene rings is 10. The third-order valence-corrected chi connectivity index (χ3v) is 15.8. The molecular formula is C64H38N4S. The Bertz CT molecular complexity index is 4160. The molecule has 0 aliphatic heterocycles. The zero-order valence-corrected chi connectivity index (χ0v) is 38.0. The minimum absolute atomic E-state index is 0.413. The van der Waals surface area contributed by atoms with Crippen LogP contribution in [0.3, 0.4) is 0 Å². The van der Waals surface area contributed by atoms with Crippen molar-refractivity contribution in [1.29, 1.82) is 0 Å². The number of hydrogen-bond donors (Lipinski definition) is 0. The van der Waals surface area contributed by atoms with Gasteiger partial charge in [0.15, 0.2) is 17.5 Å². The highest BCUT2D eigenvalue weighted by atomic mass is 32.1. The summed E-state index contributed by atoms with van der Waals surface area (Å²) in [6.07, 6.45) is 0. The molecule has 10 aromatic carbocycles. The van der Waals surface area contributed by atoms with Crippen molar-refractivity contribution >= 4 is 53.3 Å². The van der Waals surface area contributed by atoms with Gasteiger partial charge in [-0.2, -0.15) is 0 Å². The van der Waals surface area contributed by atoms with Gasteiger partial charge >= 0.3 is 0 Å². The van der Waals surface area contributed by atoms with Gasteiger partial charge in [-0.1, -0.05) is 188 Å². The molecule has 69 heavy (non-hydrogen) atoms. The molecule has 0 radical (unpaired) electrons. The standard InChI is InChI=1S/C64H38N4S/c1-3-17-39(18-4-1)61-65-62(40-19-5-2-6-20-40)67-63(66-61)47-25-15-32-58-59(47)49-38-42(34-36-57(49)69-58)41-33-35-55-48(37-41)45-23-10-14-30-54(45)68(55)56-31-16-29-53-60(56)46-24-9-13-28-52(46)64(53)50-26-11-7-21-43(50)44-22-8-12-27-51(44)64/h1-38H. The lowest BCUT2D eigenvalue weighted by Gasteiger charge is -2.30. The summed E-state index contributed by atoms with van der Waals surface area (Å²) in [6, 6.07) is 83.9. The Kier molecular flexibility index (Phi) is 8.12. The molecule has 3 heterocycles. The van der Waals surface area contributed by atoms with E-state index in [0.717, 1.165) is 27.6 Å². The molecule has 0 unspecified atom stereocenters. The van der Waals surface area contributed by atoms with Crippen molar-refractivity contribution < 1.29 is 0 Å². The van der Waals surface area contributed by atoms with Crippen LogP contribution < -0.4 is 0 Å². The maximum Gasteiger partial charge on any atom is 0.164 e. The summed E-state index contributed by atoms with van der Waals surface area (Å²) in [6.45, 7) is 0. The first kappa shape index (κ1) is 38.3. The molecule has 4 nitrogen and oxygen atoms in total. The van der Waals surface area contributed by atoms with E-state index in [9.17, 15) is 0 Å². The molecule has 0 atom stereocenters. The van der Waals surface area contributed by atoms with E-state index in [4.69, 9.17) is 15.0 Å². The predicted molar refractivity (Wildman–Crippen MR) is 285 cm³/mol. The summed E-state index contributed by atoms with van der Waals surface area (Å²) in [4.78, 5) is 15.3. The summed E-state index contributed by atoms with van der Waals surface area (Å²) < 4.78 is 4.94. The fraction of sp³-hybridized carbons (Fsp3) is 0.0156. The summed E-state index contributed by atoms with van der Waals surface area (Å²) in [7, 11) is 0. The maximum absolute atomic E-state index is 5.16. The number of rotatable bonds is 5. The largest absolute Gasteiger partial charge is 0.309 e. The van der Waals surface area contributed by atoms with Crippen molar-refractivity contribution in [3.63, 3.8) is 0 Å². The van der Waals surface area contributed by atoms with Crippen LogP contribution in [0, 0.1) is 0 Å². The quantitative estimate of drug-likeness (QED) is 0.173. The van der Waals surface area contributed by atoms with Gasteiger partial charge in [0.1, 0.15) is 0 Å². The highest BCUT2D eigenvalue weighted by Crippen LogP contribution is 2.63. The van der Waals surface area contributed by atoms with Crippen molar-refractivity contribution in [1.82, 2.24) is 19.5 Å². The van der Waals surface area contributed by atoms with Gasteiger partial charge in [0.2, 0.25) is 0 Å². The summed E-state index contributed by atoms with van der Waals surface area (Å²) >= 11 is 1.81. The predicted octanol–water partition coefficient (Wildman–Crippen LogP) is 16.3. The molecule has 0 saturated heterocycles. The summed E-state index contributed by atoms with van der Waals surface area (Å²) in [5.74, 6) is 1.97. The second-order valence-electron chi connectivity index (χ2n) is 18.2. The van der Waals surface area contributed by atoms with Crippen LogP contribution in [0.5, 0.6) is 0 Å². The monoisotopic (exact) mass is 894 g/mol. The van der Waals surface area contributed by atoms with Crippen LogP contribution in [-0.4, -0.2) is 19.5 Å². The molecule has 0 bridgehead atoms. The summed E-state index contributed by atoms with van der Waals surface area (Å²) in [5.41, 5.74) is 19.0. The van der Waals surface area contributed by atoms with E-state index >= 15 is 0 Å². The molecule has 15 rings (SSSR count). The lowest BCUT2D eigenvalue weighted by atomic mass is 9.70. The molecule has 0 saturated carbocycles. The van der Waals surface area contributed by atoms with E-state index in [1.54, 1.807) is 0 Å². The molecule has 0 amide bonds. The topological polar surface area (TPSA) is 43.6 Å². The van der Waals surface area contributed by atoms with Gasteiger partial charge in [-0.05, 0) is 92.5 Å². The van der Waals surface area contributed by atoms with Crippen molar-refractivity contribution in [2.45, 2.75) is 5.41 Å². The third-order valence-electron chi connectivity index (χ3n) is 14.7. The van der Waals surface area contributed by atoms with E-state index in [1.807, 2.05) is 47.7 Å². The Balaban J connectivity index is 0.910. The average Bonchev–Trinajstić information content (AvgIpc) is 4.15. The van der Waals surface area contributed by atoms with Gasteiger partial charge in [0.25, 0.3) is 0 Å². The molecule has 320 valence electrons. The fourth-order valence-electron chi connectivity index (χ4n) is 11.8. The second-order valence-corrected chi connectivity index (χ2v) is 19.3. The second kappa shape index (κ2) is 14.6. The lowest BCUT2D eigenvalue weighted by molar-refractivity contribution is 0.793. The van der Waals surface area contributed by atoms with Crippen molar-refractivity contribution in [2.75, 3.05) is 0 Å². The minimum Gasteiger partial charge on any atom is -0.309 e. The van der Waals surface area contributed by atoms with Crippen LogP contribution in [0.15, 0.2) is 231 Å². The zero-order valence-electron chi connectivity index (χ0n) is 37.1. The Morgan fingerprint density at radius 2 is 0.855 bits per heavy atom. The minimum atomic E-state index is -0.413. The molecule has 2 aliphatic carbocycles. The van der Waals surface area contributed by atoms with E-state index < -0.39 is 5.41 Å². The van der Waals surface area contributed by atoms with Gasteiger partial charge in [0, 0.05) is 53.2 Å². The number of para-hydroxylation sites is 1. The lowest BCUT2D eigenvalue weighted by Crippen LogP contribution is -2.25. The van der Waals surface area contributed by atoms with Crippen molar-refractivity contribution in [3.8, 4) is 73.2 Å². The van der Waals surface area contributed by atoms with Gasteiger partial charge in [-0.15, -0.1) is 11.3 Å². The van der Waals surface area contributed by atoms with Crippen LogP contribution >= 0.6 is 11.3 Å². The first-order chi connectivity index (χ1) is 34.2. The molecule has 0 fully saturated rings. The Morgan fingerprint density at radius 3 is 1.57 bits per heavy atom. The van der Waals surface area contributed by atoms with E-state index in [1.165, 1.54) is 92.4 Å². The fourth-order valence-corrected chi connectivity index (χ4v) is 13.0. The van der Waals surface area contributed by atoms with Crippen LogP contribution in [-0.2, 0) is 5.41 Å². The normalized spacial score (nSPS) is 13.0. The Hall–Kier alpha value is -8.77. The molecule has 5 heteroatoms. The van der Waals surface area contributed by atoms with Crippen LogP contribution in [0.2, 0.25) is 0 Å². The van der Waals surface area contributed by atoms with Crippen molar-refractivity contribution in [3.05, 3.63) is 253 Å². The number of nitrogens with zero attached hydrogens (tertiary/aromatic N) is 4. The highest BCUT2D eigenvalue weighted by molar-refractivity contribution is 7.26. The first-order valence-corrected chi connectivity index (χ1v) is 24.3. The van der Waals surface area contributed by atoms with Crippen LogP contribution in [0.25, 0.3) is 115 Å².